The summed E-state index contributed by atoms with van der Waals surface area (Å²) in [4.78, 5) is 19.1. The van der Waals surface area contributed by atoms with E-state index in [1.807, 2.05) is 0 Å². The Kier molecular flexibility index (Phi) is 6.77. The summed E-state index contributed by atoms with van der Waals surface area (Å²) in [5.74, 6) is 0.179. The van der Waals surface area contributed by atoms with E-state index in [0.717, 1.165) is 37.7 Å². The van der Waals surface area contributed by atoms with E-state index in [1.165, 1.54) is 26.3 Å². The molecule has 5 aromatic rings. The maximum Gasteiger partial charge on any atom is 0.387 e. The van der Waals surface area contributed by atoms with Crippen LogP contribution in [0.3, 0.4) is 0 Å². The largest absolute Gasteiger partial charge is 0.434 e. The Morgan fingerprint density at radius 3 is 2.90 bits per heavy atom. The quantitative estimate of drug-likeness (QED) is 0.275. The van der Waals surface area contributed by atoms with Crippen LogP contribution in [0, 0.1) is 0 Å². The third-order valence-electron chi connectivity index (χ3n) is 7.24. The van der Waals surface area contributed by atoms with Crippen molar-refractivity contribution in [1.29, 1.82) is 0 Å². The van der Waals surface area contributed by atoms with Gasteiger partial charge in [0.1, 0.15) is 23.6 Å². The Morgan fingerprint density at radius 2 is 2.10 bits per heavy atom. The van der Waals surface area contributed by atoms with E-state index in [0.29, 0.717) is 29.6 Å². The number of carbonyl (C=O) groups excluding carboxylic acids is 1. The third kappa shape index (κ3) is 5.30. The van der Waals surface area contributed by atoms with Gasteiger partial charge < -0.3 is 14.8 Å². The molecule has 7 rings (SSSR count). The second-order valence-electron chi connectivity index (χ2n) is 10.2. The van der Waals surface area contributed by atoms with E-state index in [2.05, 4.69) is 35.9 Å². The molecule has 0 bridgehead atoms. The Hall–Kier alpha value is -4.79. The minimum Gasteiger partial charge on any atom is -0.434 e. The summed E-state index contributed by atoms with van der Waals surface area (Å²) in [6, 6.07) is 6.80. The highest BCUT2D eigenvalue weighted by Gasteiger charge is 2.27. The molecule has 1 aromatic carbocycles. The lowest BCUT2D eigenvalue weighted by Crippen LogP contribution is -2.20. The number of nitrogens with zero attached hydrogens (tertiary/aromatic N) is 9. The number of aromatic nitrogens is 9. The third-order valence-corrected chi connectivity index (χ3v) is 7.24. The number of nitrogens with one attached hydrogen (secondary N) is 1. The molecule has 1 amide bonds. The van der Waals surface area contributed by atoms with Gasteiger partial charge in [-0.15, -0.1) is 15.0 Å². The number of halogens is 2. The molecule has 0 radical (unpaired) electrons. The van der Waals surface area contributed by atoms with Gasteiger partial charge >= 0.3 is 6.61 Å². The molecule has 1 N–H and O–H groups in total. The molecule has 216 valence electrons. The predicted molar refractivity (Wildman–Crippen MR) is 143 cm³/mol. The van der Waals surface area contributed by atoms with Crippen LogP contribution in [0.1, 0.15) is 66.0 Å². The highest BCUT2D eigenvalue weighted by atomic mass is 19.3. The predicted octanol–water partition coefficient (Wildman–Crippen LogP) is 4.06. The normalized spacial score (nSPS) is 17.2. The molecule has 1 aliphatic heterocycles. The fourth-order valence-corrected chi connectivity index (χ4v) is 5.06. The van der Waals surface area contributed by atoms with Gasteiger partial charge in [-0.3, -0.25) is 9.48 Å². The van der Waals surface area contributed by atoms with Crippen molar-refractivity contribution in [1.82, 2.24) is 44.6 Å². The highest BCUT2D eigenvalue weighted by molar-refractivity contribution is 6.09. The number of hydrogen-bond donors (Lipinski definition) is 1. The van der Waals surface area contributed by atoms with Gasteiger partial charge in [0, 0.05) is 30.8 Å². The van der Waals surface area contributed by atoms with Crippen molar-refractivity contribution in [3.05, 3.63) is 66.0 Å². The van der Waals surface area contributed by atoms with Crippen molar-refractivity contribution in [2.24, 2.45) is 0 Å². The van der Waals surface area contributed by atoms with Gasteiger partial charge in [-0.2, -0.15) is 19.0 Å². The van der Waals surface area contributed by atoms with E-state index < -0.39 is 12.5 Å². The minimum absolute atomic E-state index is 0.0497. The smallest absolute Gasteiger partial charge is 0.387 e. The molecule has 1 atom stereocenters. The first-order valence-corrected chi connectivity index (χ1v) is 13.7. The molecule has 1 unspecified atom stereocenters. The summed E-state index contributed by atoms with van der Waals surface area (Å²) in [6.45, 7) is -2.29. The van der Waals surface area contributed by atoms with Crippen LogP contribution in [0.5, 0.6) is 5.75 Å². The van der Waals surface area contributed by atoms with E-state index in [4.69, 9.17) is 9.47 Å². The van der Waals surface area contributed by atoms with Gasteiger partial charge in [0.2, 0.25) is 0 Å². The van der Waals surface area contributed by atoms with Crippen molar-refractivity contribution >= 4 is 17.2 Å². The van der Waals surface area contributed by atoms with Gasteiger partial charge in [-0.05, 0) is 67.0 Å². The molecular weight excluding hydrogens is 550 g/mol. The maximum absolute atomic E-state index is 13.4. The first-order valence-electron chi connectivity index (χ1n) is 13.7. The van der Waals surface area contributed by atoms with E-state index in [1.54, 1.807) is 36.8 Å². The van der Waals surface area contributed by atoms with Crippen LogP contribution < -0.4 is 10.1 Å². The van der Waals surface area contributed by atoms with Crippen LogP contribution in [0.2, 0.25) is 0 Å². The van der Waals surface area contributed by atoms with E-state index in [-0.39, 0.29) is 35.5 Å². The van der Waals surface area contributed by atoms with Crippen molar-refractivity contribution in [3.8, 4) is 17.0 Å². The molecule has 4 aromatic heterocycles. The first-order chi connectivity index (χ1) is 20.5. The molecule has 42 heavy (non-hydrogen) atoms. The molecule has 2 fully saturated rings. The van der Waals surface area contributed by atoms with Crippen LogP contribution in [-0.4, -0.2) is 63.7 Å². The Labute approximate surface area is 237 Å². The molecule has 1 saturated carbocycles. The molecule has 13 nitrogen and oxygen atoms in total. The number of fused-ring (bicyclic) bond motifs is 1. The summed E-state index contributed by atoms with van der Waals surface area (Å²) in [5.41, 5.74) is 2.47. The number of ether oxygens (including phenoxy) is 2. The van der Waals surface area contributed by atoms with Crippen molar-refractivity contribution in [2.75, 3.05) is 11.9 Å². The minimum atomic E-state index is -3.04. The molecule has 0 spiro atoms. The van der Waals surface area contributed by atoms with Crippen LogP contribution >= 0.6 is 0 Å². The number of carbonyl (C=O) groups is 1. The number of amides is 1. The Morgan fingerprint density at radius 1 is 1.19 bits per heavy atom. The second-order valence-corrected chi connectivity index (χ2v) is 10.2. The Balaban J connectivity index is 1.25. The van der Waals surface area contributed by atoms with Crippen molar-refractivity contribution < 1.29 is 23.0 Å². The summed E-state index contributed by atoms with van der Waals surface area (Å²) < 4.78 is 40.4. The van der Waals surface area contributed by atoms with E-state index >= 15 is 0 Å². The lowest BCUT2D eigenvalue weighted by atomic mass is 10.0. The monoisotopic (exact) mass is 576 g/mol. The summed E-state index contributed by atoms with van der Waals surface area (Å²) >= 11 is 0. The number of benzene rings is 1. The fourth-order valence-electron chi connectivity index (χ4n) is 5.06. The molecule has 5 heterocycles. The lowest BCUT2D eigenvalue weighted by Gasteiger charge is -2.20. The number of rotatable bonds is 9. The highest BCUT2D eigenvalue weighted by Crippen LogP contribution is 2.44. The van der Waals surface area contributed by atoms with Crippen LogP contribution in [0.4, 0.5) is 14.5 Å². The van der Waals surface area contributed by atoms with E-state index in [9.17, 15) is 13.6 Å². The van der Waals surface area contributed by atoms with Gasteiger partial charge in [-0.25, -0.2) is 9.50 Å². The average molecular weight is 577 g/mol. The molecular formula is C27H26F2N10O3. The first kappa shape index (κ1) is 26.1. The number of alkyl halides is 2. The summed E-state index contributed by atoms with van der Waals surface area (Å²) in [6.07, 6.45) is 10.8. The van der Waals surface area contributed by atoms with Gasteiger partial charge in [-0.1, -0.05) is 6.07 Å². The Bertz CT molecular complexity index is 1740. The number of hydrogen-bond acceptors (Lipinski definition) is 9. The zero-order chi connectivity index (χ0) is 28.6. The molecule has 1 saturated heterocycles. The maximum atomic E-state index is 13.4. The lowest BCUT2D eigenvalue weighted by molar-refractivity contribution is -0.0495. The average Bonchev–Trinajstić information content (AvgIpc) is 3.39. The van der Waals surface area contributed by atoms with Crippen molar-refractivity contribution in [2.45, 2.75) is 57.4 Å². The molecule has 2 aliphatic rings. The zero-order valence-corrected chi connectivity index (χ0v) is 22.3. The van der Waals surface area contributed by atoms with Crippen molar-refractivity contribution in [3.63, 3.8) is 0 Å². The zero-order valence-electron chi connectivity index (χ0n) is 22.3. The SMILES string of the molecule is O=C(Nc1cn(Cc2nnn(C3CCCCO3)n2)nc1-c1cc(C2CC2)ccc1OC(F)F)c1cnn2cccnc12. The fraction of sp³-hybridized carbons (Fsp3) is 0.370. The summed E-state index contributed by atoms with van der Waals surface area (Å²) in [5, 5.41) is 24.5. The number of anilines is 1. The molecule has 1 aliphatic carbocycles. The van der Waals surface area contributed by atoms with Crippen LogP contribution in [0.15, 0.2) is 49.1 Å². The summed E-state index contributed by atoms with van der Waals surface area (Å²) in [7, 11) is 0. The van der Waals surface area contributed by atoms with Gasteiger partial charge in [0.05, 0.1) is 11.9 Å². The number of tetrazole rings is 1. The van der Waals surface area contributed by atoms with Gasteiger partial charge in [0.25, 0.3) is 5.91 Å². The van der Waals surface area contributed by atoms with Crippen LogP contribution in [-0.2, 0) is 11.3 Å². The second kappa shape index (κ2) is 10.9. The van der Waals surface area contributed by atoms with Crippen LogP contribution in [0.25, 0.3) is 16.9 Å². The standard InChI is InChI=1S/C27H26F2N10O3/c28-27(29)42-21-8-7-17(16-5-6-16)12-18(21)24-20(32-26(40)19-13-31-38-10-3-9-30-25(19)38)14-37(35-24)15-22-33-36-39(34-22)23-4-1-2-11-41-23/h3,7-10,12-14,16,23,27H,1-2,4-6,11,15H2,(H,32,40). The van der Waals surface area contributed by atoms with Gasteiger partial charge in [0.15, 0.2) is 17.7 Å². The molecule has 15 heteroatoms. The topological polar surface area (TPSA) is 139 Å².